The molecular formula is C19H24. The van der Waals surface area contributed by atoms with Crippen LogP contribution in [0.25, 0.3) is 0 Å². The van der Waals surface area contributed by atoms with Gasteiger partial charge in [-0.1, -0.05) is 61.4 Å². The summed E-state index contributed by atoms with van der Waals surface area (Å²) in [5.41, 5.74) is 8.25. The molecule has 0 aromatic heterocycles. The number of rotatable bonds is 2. The Morgan fingerprint density at radius 3 is 1.74 bits per heavy atom. The lowest BCUT2D eigenvalue weighted by Gasteiger charge is -2.27. The highest BCUT2D eigenvalue weighted by Gasteiger charge is 2.23. The summed E-state index contributed by atoms with van der Waals surface area (Å²) in [5.74, 6) is 0. The van der Waals surface area contributed by atoms with Gasteiger partial charge in [0.25, 0.3) is 0 Å². The van der Waals surface area contributed by atoms with Crippen molar-refractivity contribution in [1.29, 1.82) is 0 Å². The summed E-state index contributed by atoms with van der Waals surface area (Å²) in [6.07, 6.45) is 0. The highest BCUT2D eigenvalue weighted by atomic mass is 14.3. The SMILES string of the molecule is Cc1cc(C)cc(C(C)(C)c2ccc(C)c(C)c2)c1. The van der Waals surface area contributed by atoms with Crippen molar-refractivity contribution in [3.63, 3.8) is 0 Å². The van der Waals surface area contributed by atoms with Gasteiger partial charge in [0, 0.05) is 5.41 Å². The summed E-state index contributed by atoms with van der Waals surface area (Å²) < 4.78 is 0. The van der Waals surface area contributed by atoms with E-state index in [0.29, 0.717) is 0 Å². The number of hydrogen-bond donors (Lipinski definition) is 0. The van der Waals surface area contributed by atoms with Gasteiger partial charge < -0.3 is 0 Å². The van der Waals surface area contributed by atoms with Crippen molar-refractivity contribution in [3.8, 4) is 0 Å². The second kappa shape index (κ2) is 4.85. The molecule has 0 aliphatic heterocycles. The predicted molar refractivity (Wildman–Crippen MR) is 84.0 cm³/mol. The number of benzene rings is 2. The lowest BCUT2D eigenvalue weighted by atomic mass is 9.76. The lowest BCUT2D eigenvalue weighted by molar-refractivity contribution is 0.638. The maximum atomic E-state index is 2.33. The summed E-state index contributed by atoms with van der Waals surface area (Å²) in [6, 6.07) is 13.7. The third-order valence-corrected chi connectivity index (χ3v) is 4.17. The standard InChI is InChI=1S/C19H24/c1-13-9-14(2)11-18(10-13)19(5,6)17-8-7-15(3)16(4)12-17/h7-12H,1-6H3. The monoisotopic (exact) mass is 252 g/mol. The van der Waals surface area contributed by atoms with Crippen molar-refractivity contribution >= 4 is 0 Å². The first-order valence-electron chi connectivity index (χ1n) is 6.97. The highest BCUT2D eigenvalue weighted by Crippen LogP contribution is 2.33. The Bertz CT molecular complexity index is 583. The van der Waals surface area contributed by atoms with Gasteiger partial charge in [-0.3, -0.25) is 0 Å². The van der Waals surface area contributed by atoms with Gasteiger partial charge in [-0.2, -0.15) is 0 Å². The zero-order valence-corrected chi connectivity index (χ0v) is 13.0. The van der Waals surface area contributed by atoms with Crippen LogP contribution >= 0.6 is 0 Å². The van der Waals surface area contributed by atoms with E-state index in [4.69, 9.17) is 0 Å². The molecule has 0 atom stereocenters. The van der Waals surface area contributed by atoms with Gasteiger partial charge in [-0.25, -0.2) is 0 Å². The molecule has 0 N–H and O–H groups in total. The molecule has 2 aromatic rings. The maximum Gasteiger partial charge on any atom is 0.0146 e. The van der Waals surface area contributed by atoms with E-state index in [9.17, 15) is 0 Å². The Morgan fingerprint density at radius 1 is 0.632 bits per heavy atom. The molecule has 0 fully saturated rings. The van der Waals surface area contributed by atoms with Crippen molar-refractivity contribution in [2.45, 2.75) is 47.0 Å². The van der Waals surface area contributed by atoms with Crippen LogP contribution in [0.1, 0.15) is 47.2 Å². The summed E-state index contributed by atoms with van der Waals surface area (Å²) in [5, 5.41) is 0. The molecule has 0 bridgehead atoms. The van der Waals surface area contributed by atoms with E-state index in [1.54, 1.807) is 0 Å². The molecule has 0 spiro atoms. The zero-order valence-electron chi connectivity index (χ0n) is 13.0. The molecule has 19 heavy (non-hydrogen) atoms. The molecule has 0 amide bonds. The van der Waals surface area contributed by atoms with Crippen LogP contribution in [-0.4, -0.2) is 0 Å². The predicted octanol–water partition coefficient (Wildman–Crippen LogP) is 5.25. The van der Waals surface area contributed by atoms with Crippen LogP contribution in [0.3, 0.4) is 0 Å². The van der Waals surface area contributed by atoms with Crippen LogP contribution in [0, 0.1) is 27.7 Å². The van der Waals surface area contributed by atoms with Crippen LogP contribution in [0.5, 0.6) is 0 Å². The van der Waals surface area contributed by atoms with Gasteiger partial charge in [0.15, 0.2) is 0 Å². The van der Waals surface area contributed by atoms with Crippen LogP contribution in [0.15, 0.2) is 36.4 Å². The molecule has 0 saturated heterocycles. The van der Waals surface area contributed by atoms with Crippen molar-refractivity contribution in [2.24, 2.45) is 0 Å². The van der Waals surface area contributed by atoms with Gasteiger partial charge in [-0.05, 0) is 49.9 Å². The fourth-order valence-corrected chi connectivity index (χ4v) is 2.63. The van der Waals surface area contributed by atoms with E-state index in [0.717, 1.165) is 0 Å². The molecule has 0 aliphatic rings. The van der Waals surface area contributed by atoms with Gasteiger partial charge in [0.2, 0.25) is 0 Å². The number of aryl methyl sites for hydroxylation is 4. The highest BCUT2D eigenvalue weighted by molar-refractivity contribution is 5.43. The molecule has 100 valence electrons. The molecular weight excluding hydrogens is 228 g/mol. The van der Waals surface area contributed by atoms with Gasteiger partial charge >= 0.3 is 0 Å². The molecule has 0 aliphatic carbocycles. The minimum atomic E-state index is 0.0508. The normalized spacial score (nSPS) is 11.7. The van der Waals surface area contributed by atoms with Crippen LogP contribution < -0.4 is 0 Å². The van der Waals surface area contributed by atoms with Gasteiger partial charge in [-0.15, -0.1) is 0 Å². The summed E-state index contributed by atoms with van der Waals surface area (Å²) in [4.78, 5) is 0. The third kappa shape index (κ3) is 2.73. The Hall–Kier alpha value is -1.56. The summed E-state index contributed by atoms with van der Waals surface area (Å²) >= 11 is 0. The average Bonchev–Trinajstić information content (AvgIpc) is 2.31. The van der Waals surface area contributed by atoms with E-state index in [1.807, 2.05) is 0 Å². The van der Waals surface area contributed by atoms with Crippen LogP contribution in [0.2, 0.25) is 0 Å². The van der Waals surface area contributed by atoms with Gasteiger partial charge in [0.1, 0.15) is 0 Å². The minimum absolute atomic E-state index is 0.0508. The van der Waals surface area contributed by atoms with Gasteiger partial charge in [0.05, 0.1) is 0 Å². The van der Waals surface area contributed by atoms with E-state index >= 15 is 0 Å². The fourth-order valence-electron chi connectivity index (χ4n) is 2.63. The van der Waals surface area contributed by atoms with Crippen molar-refractivity contribution < 1.29 is 0 Å². The first kappa shape index (κ1) is 13.9. The molecule has 0 unspecified atom stereocenters. The lowest BCUT2D eigenvalue weighted by Crippen LogP contribution is -2.19. The topological polar surface area (TPSA) is 0 Å². The van der Waals surface area contributed by atoms with Crippen molar-refractivity contribution in [1.82, 2.24) is 0 Å². The fraction of sp³-hybridized carbons (Fsp3) is 0.368. The zero-order chi connectivity index (χ0) is 14.2. The Kier molecular flexibility index (Phi) is 3.54. The Labute approximate surface area is 117 Å². The van der Waals surface area contributed by atoms with Crippen molar-refractivity contribution in [3.05, 3.63) is 69.8 Å². The second-order valence-corrected chi connectivity index (χ2v) is 6.30. The van der Waals surface area contributed by atoms with E-state index in [-0.39, 0.29) is 5.41 Å². The largest absolute Gasteiger partial charge is 0.0588 e. The van der Waals surface area contributed by atoms with E-state index in [2.05, 4.69) is 77.9 Å². The Balaban J connectivity index is 2.54. The van der Waals surface area contributed by atoms with E-state index < -0.39 is 0 Å². The maximum absolute atomic E-state index is 2.33. The number of hydrogen-bond acceptors (Lipinski definition) is 0. The third-order valence-electron chi connectivity index (χ3n) is 4.17. The summed E-state index contributed by atoms with van der Waals surface area (Å²) in [7, 11) is 0. The van der Waals surface area contributed by atoms with Crippen molar-refractivity contribution in [2.75, 3.05) is 0 Å². The molecule has 0 heterocycles. The molecule has 0 heteroatoms. The molecule has 0 radical (unpaired) electrons. The van der Waals surface area contributed by atoms with Crippen LogP contribution in [0.4, 0.5) is 0 Å². The molecule has 0 nitrogen and oxygen atoms in total. The minimum Gasteiger partial charge on any atom is -0.0588 e. The quantitative estimate of drug-likeness (QED) is 0.685. The first-order chi connectivity index (χ1) is 8.80. The second-order valence-electron chi connectivity index (χ2n) is 6.30. The Morgan fingerprint density at radius 2 is 1.21 bits per heavy atom. The van der Waals surface area contributed by atoms with Crippen LogP contribution in [-0.2, 0) is 5.41 Å². The summed E-state index contributed by atoms with van der Waals surface area (Å²) in [6.45, 7) is 13.3. The average molecular weight is 252 g/mol. The molecule has 2 aromatic carbocycles. The molecule has 2 rings (SSSR count). The van der Waals surface area contributed by atoms with E-state index in [1.165, 1.54) is 33.4 Å². The first-order valence-corrected chi connectivity index (χ1v) is 6.97. The molecule has 0 saturated carbocycles. The smallest absolute Gasteiger partial charge is 0.0146 e.